The molecule has 1 aliphatic heterocycles. The quantitative estimate of drug-likeness (QED) is 0.705. The molecule has 1 amide bonds. The van der Waals surface area contributed by atoms with E-state index in [-0.39, 0.29) is 0 Å². The van der Waals surface area contributed by atoms with Crippen molar-refractivity contribution in [3.8, 4) is 11.5 Å². The highest BCUT2D eigenvalue weighted by Crippen LogP contribution is 2.56. The fraction of sp³-hybridized carbons (Fsp3) is 0.316. The van der Waals surface area contributed by atoms with Gasteiger partial charge in [0, 0.05) is 6.54 Å². The van der Waals surface area contributed by atoms with Gasteiger partial charge in [-0.05, 0) is 37.1 Å². The molecule has 1 fully saturated rings. The number of nitrogens with two attached hydrogens (primary N) is 1. The van der Waals surface area contributed by atoms with Gasteiger partial charge in [0.2, 0.25) is 5.91 Å². The number of aliphatic hydroxyl groups is 1. The molecule has 0 aromatic heterocycles. The maximum atomic E-state index is 13.8. The van der Waals surface area contributed by atoms with Gasteiger partial charge in [-0.1, -0.05) is 36.4 Å². The van der Waals surface area contributed by atoms with Gasteiger partial charge in [-0.15, -0.1) is 0 Å². The number of carbonyl (C=O) groups is 1. The molecular formula is C19H23N2O5P. The van der Waals surface area contributed by atoms with Crippen LogP contribution in [0.15, 0.2) is 60.7 Å². The summed E-state index contributed by atoms with van der Waals surface area (Å²) in [4.78, 5) is 14.0. The standard InChI is InChI=1S/C19H23N2O5P/c20-17(14-22)19(23)21-13-7-12-18(21)27(24,25-15-8-3-1-4-9-15)26-16-10-5-2-6-11-16/h1-6,8-11,17-18,22H,7,12-14,20H2/t17-,18+/m0/s1. The second kappa shape index (κ2) is 8.57. The van der Waals surface area contributed by atoms with Gasteiger partial charge in [-0.3, -0.25) is 4.79 Å². The highest BCUT2D eigenvalue weighted by molar-refractivity contribution is 7.55. The maximum Gasteiger partial charge on any atom is 0.453 e. The molecule has 2 aromatic rings. The first-order chi connectivity index (χ1) is 13.0. The largest absolute Gasteiger partial charge is 0.453 e. The van der Waals surface area contributed by atoms with Crippen LogP contribution in [0.1, 0.15) is 12.8 Å². The molecule has 144 valence electrons. The number of para-hydroxylation sites is 2. The minimum absolute atomic E-state index is 0.386. The van der Waals surface area contributed by atoms with Crippen molar-refractivity contribution in [2.45, 2.75) is 24.7 Å². The van der Waals surface area contributed by atoms with Gasteiger partial charge < -0.3 is 24.8 Å². The second-order valence-electron chi connectivity index (χ2n) is 6.29. The van der Waals surface area contributed by atoms with Crippen LogP contribution in [0.5, 0.6) is 11.5 Å². The summed E-state index contributed by atoms with van der Waals surface area (Å²) in [7, 11) is -3.80. The van der Waals surface area contributed by atoms with Gasteiger partial charge in [0.25, 0.3) is 0 Å². The Bertz CT molecular complexity index is 757. The molecule has 7 nitrogen and oxygen atoms in total. The molecule has 0 saturated carbocycles. The number of aliphatic hydroxyl groups excluding tert-OH is 1. The lowest BCUT2D eigenvalue weighted by Gasteiger charge is -2.32. The first-order valence-electron chi connectivity index (χ1n) is 8.79. The lowest BCUT2D eigenvalue weighted by atomic mass is 10.3. The van der Waals surface area contributed by atoms with E-state index in [0.717, 1.165) is 0 Å². The maximum absolute atomic E-state index is 13.8. The van der Waals surface area contributed by atoms with Crippen LogP contribution in [0, 0.1) is 0 Å². The van der Waals surface area contributed by atoms with E-state index in [1.54, 1.807) is 48.5 Å². The molecule has 0 bridgehead atoms. The van der Waals surface area contributed by atoms with Gasteiger partial charge >= 0.3 is 7.60 Å². The predicted octanol–water partition coefficient (Wildman–Crippen LogP) is 2.61. The normalized spacial score (nSPS) is 18.1. The number of hydrogen-bond acceptors (Lipinski definition) is 6. The van der Waals surface area contributed by atoms with Crippen molar-refractivity contribution in [1.82, 2.24) is 4.90 Å². The number of benzene rings is 2. The van der Waals surface area contributed by atoms with Crippen LogP contribution < -0.4 is 14.8 Å². The van der Waals surface area contributed by atoms with E-state index in [9.17, 15) is 14.5 Å². The highest BCUT2D eigenvalue weighted by Gasteiger charge is 2.48. The SMILES string of the molecule is N[C@@H](CO)C(=O)N1CCC[C@H]1P(=O)(Oc1ccccc1)Oc1ccccc1. The van der Waals surface area contributed by atoms with Gasteiger partial charge in [0.05, 0.1) is 6.61 Å². The molecule has 0 aliphatic carbocycles. The number of carbonyl (C=O) groups excluding carboxylic acids is 1. The number of nitrogens with zero attached hydrogens (tertiary/aromatic N) is 1. The summed E-state index contributed by atoms with van der Waals surface area (Å²) >= 11 is 0. The van der Waals surface area contributed by atoms with Crippen LogP contribution in [0.3, 0.4) is 0 Å². The molecule has 8 heteroatoms. The Morgan fingerprint density at radius 1 is 1.11 bits per heavy atom. The average Bonchev–Trinajstić information content (AvgIpc) is 3.19. The van der Waals surface area contributed by atoms with E-state index in [1.807, 2.05) is 12.1 Å². The van der Waals surface area contributed by atoms with E-state index < -0.39 is 31.9 Å². The Labute approximate surface area is 158 Å². The minimum Gasteiger partial charge on any atom is -0.415 e. The van der Waals surface area contributed by atoms with Crippen molar-refractivity contribution in [2.24, 2.45) is 5.73 Å². The van der Waals surface area contributed by atoms with Gasteiger partial charge in [0.1, 0.15) is 17.5 Å². The monoisotopic (exact) mass is 390 g/mol. The third-order valence-electron chi connectivity index (χ3n) is 4.33. The molecule has 3 N–H and O–H groups in total. The van der Waals surface area contributed by atoms with Gasteiger partial charge in [-0.25, -0.2) is 4.57 Å². The molecule has 0 radical (unpaired) electrons. The molecule has 27 heavy (non-hydrogen) atoms. The van der Waals surface area contributed by atoms with Crippen LogP contribution >= 0.6 is 7.60 Å². The van der Waals surface area contributed by atoms with Crippen LogP contribution in [-0.2, 0) is 9.36 Å². The lowest BCUT2D eigenvalue weighted by Crippen LogP contribution is -2.48. The van der Waals surface area contributed by atoms with E-state index >= 15 is 0 Å². The lowest BCUT2D eigenvalue weighted by molar-refractivity contribution is -0.133. The fourth-order valence-corrected chi connectivity index (χ4v) is 5.20. The Morgan fingerprint density at radius 3 is 2.11 bits per heavy atom. The molecule has 3 rings (SSSR count). The summed E-state index contributed by atoms with van der Waals surface area (Å²) in [6, 6.07) is 16.4. The van der Waals surface area contributed by atoms with E-state index in [1.165, 1.54) is 4.90 Å². The zero-order chi connectivity index (χ0) is 19.3. The summed E-state index contributed by atoms with van der Waals surface area (Å²) in [6.07, 6.45) is 1.11. The fourth-order valence-electron chi connectivity index (χ4n) is 3.02. The molecule has 1 saturated heterocycles. The Hall–Kier alpha value is -2.34. The molecule has 2 aromatic carbocycles. The average molecular weight is 390 g/mol. The summed E-state index contributed by atoms with van der Waals surface area (Å²) < 4.78 is 25.5. The zero-order valence-electron chi connectivity index (χ0n) is 14.8. The number of amides is 1. The van der Waals surface area contributed by atoms with Crippen molar-refractivity contribution in [1.29, 1.82) is 0 Å². The van der Waals surface area contributed by atoms with E-state index in [2.05, 4.69) is 0 Å². The zero-order valence-corrected chi connectivity index (χ0v) is 15.7. The Morgan fingerprint density at radius 2 is 1.63 bits per heavy atom. The summed E-state index contributed by atoms with van der Waals surface area (Å²) in [6.45, 7) is -0.0943. The smallest absolute Gasteiger partial charge is 0.415 e. The van der Waals surface area contributed by atoms with Crippen molar-refractivity contribution >= 4 is 13.5 Å². The first kappa shape index (κ1) is 19.4. The second-order valence-corrected chi connectivity index (χ2v) is 8.33. The molecule has 0 spiro atoms. The van der Waals surface area contributed by atoms with E-state index in [4.69, 9.17) is 14.8 Å². The molecular weight excluding hydrogens is 367 g/mol. The van der Waals surface area contributed by atoms with Crippen molar-refractivity contribution in [3.05, 3.63) is 60.7 Å². The Balaban J connectivity index is 1.93. The summed E-state index contributed by atoms with van der Waals surface area (Å²) in [5.41, 5.74) is 5.69. The molecule has 2 atom stereocenters. The third-order valence-corrected chi connectivity index (χ3v) is 6.53. The summed E-state index contributed by atoms with van der Waals surface area (Å²) in [5.74, 6) is -0.457. The van der Waals surface area contributed by atoms with Gasteiger partial charge in [-0.2, -0.15) is 0 Å². The predicted molar refractivity (Wildman–Crippen MR) is 102 cm³/mol. The van der Waals surface area contributed by atoms with Crippen LogP contribution in [0.2, 0.25) is 0 Å². The van der Waals surface area contributed by atoms with Crippen molar-refractivity contribution < 1.29 is 23.5 Å². The molecule has 1 aliphatic rings. The van der Waals surface area contributed by atoms with Crippen molar-refractivity contribution in [2.75, 3.05) is 13.2 Å². The first-order valence-corrected chi connectivity index (χ1v) is 10.4. The highest BCUT2D eigenvalue weighted by atomic mass is 31.2. The van der Waals surface area contributed by atoms with E-state index in [0.29, 0.717) is 30.9 Å². The van der Waals surface area contributed by atoms with Gasteiger partial charge in [0.15, 0.2) is 5.78 Å². The van der Waals surface area contributed by atoms with Crippen molar-refractivity contribution in [3.63, 3.8) is 0 Å². The van der Waals surface area contributed by atoms with Crippen LogP contribution in [0.25, 0.3) is 0 Å². The van der Waals surface area contributed by atoms with Crippen LogP contribution in [-0.4, -0.2) is 40.9 Å². The Kier molecular flexibility index (Phi) is 6.16. The molecule has 0 unspecified atom stereocenters. The topological polar surface area (TPSA) is 102 Å². The number of hydrogen-bond donors (Lipinski definition) is 2. The molecule has 1 heterocycles. The summed E-state index contributed by atoms with van der Waals surface area (Å²) in [5, 5.41) is 9.22. The number of rotatable bonds is 7. The minimum atomic E-state index is -3.80. The van der Waals surface area contributed by atoms with Crippen LogP contribution in [0.4, 0.5) is 0 Å². The number of likely N-dealkylation sites (tertiary alicyclic amines) is 1. The third kappa shape index (κ3) is 4.50.